The second-order valence-corrected chi connectivity index (χ2v) is 6.85. The Morgan fingerprint density at radius 2 is 2.29 bits per heavy atom. The van der Waals surface area contributed by atoms with Gasteiger partial charge in [0.25, 0.3) is 0 Å². The number of carbonyl (C=O) groups is 1. The van der Waals surface area contributed by atoms with Gasteiger partial charge in [-0.3, -0.25) is 4.79 Å². The van der Waals surface area contributed by atoms with Gasteiger partial charge in [-0.2, -0.15) is 0 Å². The van der Waals surface area contributed by atoms with E-state index in [1.54, 1.807) is 34.4 Å². The number of amides is 1. The van der Waals surface area contributed by atoms with Gasteiger partial charge in [-0.1, -0.05) is 18.2 Å². The molecule has 1 amide bonds. The molecule has 24 heavy (non-hydrogen) atoms. The van der Waals surface area contributed by atoms with Crippen LogP contribution in [0.3, 0.4) is 0 Å². The van der Waals surface area contributed by atoms with E-state index < -0.39 is 0 Å². The molecule has 1 aliphatic rings. The highest BCUT2D eigenvalue weighted by atomic mass is 32.1. The van der Waals surface area contributed by atoms with Gasteiger partial charge in [0.2, 0.25) is 5.91 Å². The number of hydrogen-bond acceptors (Lipinski definition) is 3. The van der Waals surface area contributed by atoms with Crippen LogP contribution >= 0.6 is 11.3 Å². The number of ether oxygens (including phenoxy) is 1. The van der Waals surface area contributed by atoms with Gasteiger partial charge in [0.15, 0.2) is 0 Å². The lowest BCUT2D eigenvalue weighted by atomic mass is 10.2. The Kier molecular flexibility index (Phi) is 5.77. The molecule has 0 saturated carbocycles. The van der Waals surface area contributed by atoms with Crippen LogP contribution in [0, 0.1) is 5.82 Å². The largest absolute Gasteiger partial charge is 0.376 e. The molecule has 3 nitrogen and oxygen atoms in total. The first-order valence-electron chi connectivity index (χ1n) is 8.07. The molecule has 3 rings (SSSR count). The third-order valence-electron chi connectivity index (χ3n) is 3.95. The molecular weight excluding hydrogens is 325 g/mol. The van der Waals surface area contributed by atoms with Crippen molar-refractivity contribution in [1.82, 2.24) is 4.90 Å². The first kappa shape index (κ1) is 16.9. The van der Waals surface area contributed by atoms with Crippen molar-refractivity contribution in [3.63, 3.8) is 0 Å². The molecule has 0 radical (unpaired) electrons. The second kappa shape index (κ2) is 8.22. The molecule has 126 valence electrons. The number of benzene rings is 1. The van der Waals surface area contributed by atoms with Crippen LogP contribution in [-0.2, 0) is 16.1 Å². The zero-order valence-corrected chi connectivity index (χ0v) is 14.2. The van der Waals surface area contributed by atoms with E-state index in [1.807, 2.05) is 17.5 Å². The van der Waals surface area contributed by atoms with Crippen molar-refractivity contribution in [1.29, 1.82) is 0 Å². The van der Waals surface area contributed by atoms with Crippen molar-refractivity contribution < 1.29 is 13.9 Å². The van der Waals surface area contributed by atoms with Crippen molar-refractivity contribution in [3.8, 4) is 0 Å². The van der Waals surface area contributed by atoms with E-state index in [9.17, 15) is 9.18 Å². The normalized spacial score (nSPS) is 17.5. The molecule has 0 aliphatic carbocycles. The highest BCUT2D eigenvalue weighted by molar-refractivity contribution is 7.09. The highest BCUT2D eigenvalue weighted by Crippen LogP contribution is 2.18. The molecule has 5 heteroatoms. The highest BCUT2D eigenvalue weighted by Gasteiger charge is 2.21. The smallest absolute Gasteiger partial charge is 0.246 e. The summed E-state index contributed by atoms with van der Waals surface area (Å²) in [7, 11) is 0. The first-order valence-corrected chi connectivity index (χ1v) is 8.95. The zero-order valence-electron chi connectivity index (χ0n) is 13.4. The quantitative estimate of drug-likeness (QED) is 0.738. The minimum absolute atomic E-state index is 0.0804. The number of carbonyl (C=O) groups excluding carboxylic acids is 1. The molecule has 1 aromatic heterocycles. The third-order valence-corrected chi connectivity index (χ3v) is 4.81. The monoisotopic (exact) mass is 345 g/mol. The van der Waals surface area contributed by atoms with Gasteiger partial charge in [0, 0.05) is 24.1 Å². The van der Waals surface area contributed by atoms with Crippen LogP contribution < -0.4 is 0 Å². The van der Waals surface area contributed by atoms with Crippen molar-refractivity contribution in [2.24, 2.45) is 0 Å². The summed E-state index contributed by atoms with van der Waals surface area (Å²) in [6.07, 6.45) is 5.31. The molecule has 0 bridgehead atoms. The predicted octanol–water partition coefficient (Wildman–Crippen LogP) is 4.11. The number of hydrogen-bond donors (Lipinski definition) is 0. The molecular formula is C19H20FNO2S. The average Bonchev–Trinajstić information content (AvgIpc) is 3.26. The molecule has 1 fully saturated rings. The van der Waals surface area contributed by atoms with Crippen LogP contribution in [0.15, 0.2) is 47.9 Å². The summed E-state index contributed by atoms with van der Waals surface area (Å²) in [6.45, 7) is 1.93. The van der Waals surface area contributed by atoms with Crippen LogP contribution in [0.2, 0.25) is 0 Å². The molecule has 1 aromatic carbocycles. The summed E-state index contributed by atoms with van der Waals surface area (Å²) in [5.41, 5.74) is 0.677. The minimum atomic E-state index is -0.306. The van der Waals surface area contributed by atoms with Gasteiger partial charge < -0.3 is 9.64 Å². The first-order chi connectivity index (χ1) is 11.7. The maximum atomic E-state index is 13.2. The van der Waals surface area contributed by atoms with Crippen molar-refractivity contribution in [3.05, 3.63) is 64.1 Å². The summed E-state index contributed by atoms with van der Waals surface area (Å²) in [4.78, 5) is 15.6. The van der Waals surface area contributed by atoms with E-state index >= 15 is 0 Å². The standard InChI is InChI=1S/C19H20FNO2S/c20-16-5-1-4-15(12-16)8-9-19(22)21(13-17-6-2-10-23-17)14-18-7-3-11-24-18/h1,3-5,7-9,11-12,17H,2,6,10,13-14H2/b9-8+. The summed E-state index contributed by atoms with van der Waals surface area (Å²) in [5.74, 6) is -0.387. The fourth-order valence-corrected chi connectivity index (χ4v) is 3.46. The summed E-state index contributed by atoms with van der Waals surface area (Å²) < 4.78 is 18.9. The minimum Gasteiger partial charge on any atom is -0.376 e. The molecule has 0 N–H and O–H groups in total. The Labute approximate surface area is 145 Å². The van der Waals surface area contributed by atoms with E-state index in [0.717, 1.165) is 24.3 Å². The van der Waals surface area contributed by atoms with Crippen LogP contribution in [0.5, 0.6) is 0 Å². The lowest BCUT2D eigenvalue weighted by Gasteiger charge is -2.23. The molecule has 1 aliphatic heterocycles. The van der Waals surface area contributed by atoms with Gasteiger partial charge in [-0.15, -0.1) is 11.3 Å². The van der Waals surface area contributed by atoms with E-state index in [0.29, 0.717) is 18.7 Å². The van der Waals surface area contributed by atoms with Crippen LogP contribution in [-0.4, -0.2) is 30.1 Å². The number of halogens is 1. The summed E-state index contributed by atoms with van der Waals surface area (Å²) in [6, 6.07) is 10.2. The Balaban J connectivity index is 1.69. The SMILES string of the molecule is O=C(/C=C/c1cccc(F)c1)N(Cc1cccs1)CC1CCCO1. The van der Waals surface area contributed by atoms with Gasteiger partial charge in [0.1, 0.15) is 5.82 Å². The van der Waals surface area contributed by atoms with E-state index in [2.05, 4.69) is 0 Å². The van der Waals surface area contributed by atoms with Gasteiger partial charge >= 0.3 is 0 Å². The third kappa shape index (κ3) is 4.76. The average molecular weight is 345 g/mol. The number of nitrogens with zero attached hydrogens (tertiary/aromatic N) is 1. The van der Waals surface area contributed by atoms with Gasteiger partial charge in [-0.05, 0) is 48.1 Å². The van der Waals surface area contributed by atoms with Crippen molar-refractivity contribution in [2.45, 2.75) is 25.5 Å². The van der Waals surface area contributed by atoms with E-state index in [1.165, 1.54) is 18.2 Å². The Morgan fingerprint density at radius 3 is 3.00 bits per heavy atom. The van der Waals surface area contributed by atoms with E-state index in [4.69, 9.17) is 4.74 Å². The molecule has 2 aromatic rings. The maximum Gasteiger partial charge on any atom is 0.246 e. The van der Waals surface area contributed by atoms with Crippen molar-refractivity contribution in [2.75, 3.05) is 13.2 Å². The van der Waals surface area contributed by atoms with Crippen molar-refractivity contribution >= 4 is 23.3 Å². The predicted molar refractivity (Wildman–Crippen MR) is 94.1 cm³/mol. The summed E-state index contributed by atoms with van der Waals surface area (Å²) >= 11 is 1.63. The van der Waals surface area contributed by atoms with Crippen LogP contribution in [0.25, 0.3) is 6.08 Å². The fourth-order valence-electron chi connectivity index (χ4n) is 2.74. The number of thiophene rings is 1. The fraction of sp³-hybridized carbons (Fsp3) is 0.316. The van der Waals surface area contributed by atoms with Gasteiger partial charge in [-0.25, -0.2) is 4.39 Å². The molecule has 2 heterocycles. The summed E-state index contributed by atoms with van der Waals surface area (Å²) in [5, 5.41) is 2.01. The topological polar surface area (TPSA) is 29.5 Å². The molecule has 1 atom stereocenters. The lowest BCUT2D eigenvalue weighted by molar-refractivity contribution is -0.128. The Morgan fingerprint density at radius 1 is 1.38 bits per heavy atom. The van der Waals surface area contributed by atoms with Gasteiger partial charge in [0.05, 0.1) is 12.6 Å². The maximum absolute atomic E-state index is 13.2. The van der Waals surface area contributed by atoms with Crippen LogP contribution in [0.1, 0.15) is 23.3 Å². The second-order valence-electron chi connectivity index (χ2n) is 5.82. The Bertz CT molecular complexity index is 693. The molecule has 1 saturated heterocycles. The Hall–Kier alpha value is -1.98. The van der Waals surface area contributed by atoms with Crippen LogP contribution in [0.4, 0.5) is 4.39 Å². The molecule has 1 unspecified atom stereocenters. The lowest BCUT2D eigenvalue weighted by Crippen LogP contribution is -2.35. The zero-order chi connectivity index (χ0) is 16.8. The molecule has 0 spiro atoms. The number of rotatable bonds is 6. The van der Waals surface area contributed by atoms with E-state index in [-0.39, 0.29) is 17.8 Å².